The van der Waals surface area contributed by atoms with Gasteiger partial charge in [-0.2, -0.15) is 0 Å². The molecule has 1 aromatic heterocycles. The zero-order valence-corrected chi connectivity index (χ0v) is 20.2. The van der Waals surface area contributed by atoms with Crippen LogP contribution in [-0.2, 0) is 24.2 Å². The largest absolute Gasteiger partial charge is 0.506 e. The van der Waals surface area contributed by atoms with Gasteiger partial charge in [-0.05, 0) is 47.7 Å². The molecular formula is C29H31N3O4. The smallest absolute Gasteiger partial charge is 0.248 e. The van der Waals surface area contributed by atoms with Crippen molar-refractivity contribution >= 4 is 16.8 Å². The van der Waals surface area contributed by atoms with E-state index in [1.165, 1.54) is 12.1 Å². The van der Waals surface area contributed by atoms with E-state index >= 15 is 0 Å². The molecule has 36 heavy (non-hydrogen) atoms. The monoisotopic (exact) mass is 485 g/mol. The summed E-state index contributed by atoms with van der Waals surface area (Å²) < 4.78 is 0. The average molecular weight is 486 g/mol. The Balaban J connectivity index is 1.27. The second-order valence-corrected chi connectivity index (χ2v) is 9.07. The summed E-state index contributed by atoms with van der Waals surface area (Å²) in [5.41, 5.74) is 3.80. The molecule has 7 nitrogen and oxygen atoms in total. The van der Waals surface area contributed by atoms with Gasteiger partial charge in [-0.15, -0.1) is 0 Å². The number of carbonyl (C=O) groups excluding carboxylic acids is 1. The molecule has 1 heterocycles. The lowest BCUT2D eigenvalue weighted by molar-refractivity contribution is -0.120. The second-order valence-electron chi connectivity index (χ2n) is 9.07. The predicted molar refractivity (Wildman–Crippen MR) is 141 cm³/mol. The first-order valence-corrected chi connectivity index (χ1v) is 12.0. The van der Waals surface area contributed by atoms with Crippen molar-refractivity contribution in [2.45, 2.75) is 38.5 Å². The summed E-state index contributed by atoms with van der Waals surface area (Å²) in [6, 6.07) is 24.1. The van der Waals surface area contributed by atoms with Gasteiger partial charge in [0.2, 0.25) is 11.5 Å². The van der Waals surface area contributed by atoms with E-state index in [1.807, 2.05) is 61.5 Å². The minimum Gasteiger partial charge on any atom is -0.506 e. The molecule has 0 saturated carbocycles. The number of phenols is 1. The Labute approximate surface area is 209 Å². The minimum atomic E-state index is -0.807. The number of H-pyrrole nitrogens is 1. The average Bonchev–Trinajstić information content (AvgIpc) is 2.88. The first kappa shape index (κ1) is 25.2. The van der Waals surface area contributed by atoms with Gasteiger partial charge < -0.3 is 25.8 Å². The Morgan fingerprint density at radius 1 is 0.917 bits per heavy atom. The van der Waals surface area contributed by atoms with Gasteiger partial charge in [-0.25, -0.2) is 0 Å². The number of phenolic OH excluding ortho intramolecular Hbond substituents is 1. The summed E-state index contributed by atoms with van der Waals surface area (Å²) in [7, 11) is 0. The van der Waals surface area contributed by atoms with Crippen LogP contribution >= 0.6 is 0 Å². The summed E-state index contributed by atoms with van der Waals surface area (Å²) in [5, 5.41) is 27.7. The highest BCUT2D eigenvalue weighted by Gasteiger charge is 2.15. The van der Waals surface area contributed by atoms with E-state index in [-0.39, 0.29) is 23.3 Å². The summed E-state index contributed by atoms with van der Waals surface area (Å²) in [6.07, 6.45) is 0.286. The molecule has 4 rings (SSSR count). The fourth-order valence-corrected chi connectivity index (χ4v) is 4.24. The number of nitrogens with one attached hydrogen (secondary N) is 3. The van der Waals surface area contributed by atoms with Crippen LogP contribution in [0.15, 0.2) is 83.7 Å². The maximum atomic E-state index is 12.3. The van der Waals surface area contributed by atoms with Crippen LogP contribution in [-0.4, -0.2) is 33.7 Å². The van der Waals surface area contributed by atoms with E-state index in [1.54, 1.807) is 12.1 Å². The highest BCUT2D eigenvalue weighted by atomic mass is 16.3. The minimum absolute atomic E-state index is 0.0125. The Hall–Kier alpha value is -3.94. The van der Waals surface area contributed by atoms with Crippen LogP contribution < -0.4 is 16.2 Å². The molecule has 0 radical (unpaired) electrons. The quantitative estimate of drug-likeness (QED) is 0.236. The lowest BCUT2D eigenvalue weighted by Gasteiger charge is -2.19. The standard InChI is InChI=1S/C29H31N3O4/c1-19(30-18-26(34)23-11-13-25(33)29-24(23)12-14-27(35)32-29)15-20-7-9-21(10-8-20)16-28(36)31-17-22-5-3-2-4-6-22/h2-14,19,26,30,33-34H,15-18H2,1H3,(H,31,36)(H,32,35)/t19-,26+/m1/s1. The van der Waals surface area contributed by atoms with Crippen LogP contribution in [0.25, 0.3) is 10.9 Å². The van der Waals surface area contributed by atoms with Gasteiger partial charge in [-0.1, -0.05) is 60.7 Å². The lowest BCUT2D eigenvalue weighted by Crippen LogP contribution is -2.32. The summed E-state index contributed by atoms with van der Waals surface area (Å²) in [5.74, 6) is -0.0430. The molecule has 186 valence electrons. The molecule has 0 aliphatic heterocycles. The number of aliphatic hydroxyl groups is 1. The third kappa shape index (κ3) is 6.59. The van der Waals surface area contributed by atoms with Crippen molar-refractivity contribution < 1.29 is 15.0 Å². The summed E-state index contributed by atoms with van der Waals surface area (Å²) in [4.78, 5) is 26.5. The van der Waals surface area contributed by atoms with Crippen LogP contribution in [0, 0.1) is 0 Å². The van der Waals surface area contributed by atoms with Crippen molar-refractivity contribution in [1.29, 1.82) is 0 Å². The van der Waals surface area contributed by atoms with Gasteiger partial charge in [0, 0.05) is 30.6 Å². The molecule has 5 N–H and O–H groups in total. The van der Waals surface area contributed by atoms with Crippen molar-refractivity contribution in [3.63, 3.8) is 0 Å². The number of amides is 1. The van der Waals surface area contributed by atoms with Crippen LogP contribution in [0.3, 0.4) is 0 Å². The summed E-state index contributed by atoms with van der Waals surface area (Å²) in [6.45, 7) is 2.88. The van der Waals surface area contributed by atoms with Crippen molar-refractivity contribution in [3.05, 3.63) is 111 Å². The molecule has 7 heteroatoms. The number of aromatic hydroxyl groups is 1. The number of hydrogen-bond acceptors (Lipinski definition) is 5. The Bertz CT molecular complexity index is 1370. The third-order valence-electron chi connectivity index (χ3n) is 6.19. The van der Waals surface area contributed by atoms with Crippen LogP contribution in [0.1, 0.15) is 35.3 Å². The van der Waals surface area contributed by atoms with Gasteiger partial charge in [0.05, 0.1) is 18.0 Å². The second kappa shape index (κ2) is 11.7. The zero-order chi connectivity index (χ0) is 25.5. The first-order chi connectivity index (χ1) is 17.4. The van der Waals surface area contributed by atoms with E-state index in [4.69, 9.17) is 0 Å². The SMILES string of the molecule is C[C@H](Cc1ccc(CC(=O)NCc2ccccc2)cc1)NC[C@H](O)c1ccc(O)c2[nH]c(=O)ccc12. The fraction of sp³-hybridized carbons (Fsp3) is 0.241. The number of rotatable bonds is 10. The molecule has 0 unspecified atom stereocenters. The van der Waals surface area contributed by atoms with E-state index in [2.05, 4.69) is 15.6 Å². The van der Waals surface area contributed by atoms with Crippen molar-refractivity contribution in [2.24, 2.45) is 0 Å². The predicted octanol–water partition coefficient (Wildman–Crippen LogP) is 3.35. The molecular weight excluding hydrogens is 454 g/mol. The summed E-state index contributed by atoms with van der Waals surface area (Å²) >= 11 is 0. The number of aromatic amines is 1. The molecule has 0 spiro atoms. The molecule has 1 amide bonds. The number of hydrogen-bond donors (Lipinski definition) is 5. The van der Waals surface area contributed by atoms with Crippen molar-refractivity contribution in [1.82, 2.24) is 15.6 Å². The van der Waals surface area contributed by atoms with Gasteiger partial charge in [0.15, 0.2) is 0 Å². The van der Waals surface area contributed by atoms with E-state index < -0.39 is 6.10 Å². The van der Waals surface area contributed by atoms with Gasteiger partial charge in [-0.3, -0.25) is 9.59 Å². The molecule has 0 bridgehead atoms. The molecule has 0 fully saturated rings. The van der Waals surface area contributed by atoms with E-state index in [0.717, 1.165) is 23.1 Å². The third-order valence-corrected chi connectivity index (χ3v) is 6.19. The van der Waals surface area contributed by atoms with Crippen molar-refractivity contribution in [2.75, 3.05) is 6.54 Å². The van der Waals surface area contributed by atoms with Crippen molar-refractivity contribution in [3.8, 4) is 5.75 Å². The molecule has 2 atom stereocenters. The van der Waals surface area contributed by atoms with E-state index in [9.17, 15) is 19.8 Å². The first-order valence-electron chi connectivity index (χ1n) is 12.0. The number of benzene rings is 3. The van der Waals surface area contributed by atoms with Crippen LogP contribution in [0.2, 0.25) is 0 Å². The number of aromatic nitrogens is 1. The van der Waals surface area contributed by atoms with Crippen LogP contribution in [0.5, 0.6) is 5.75 Å². The highest BCUT2D eigenvalue weighted by molar-refractivity contribution is 5.87. The normalized spacial score (nSPS) is 12.8. The fourth-order valence-electron chi connectivity index (χ4n) is 4.24. The molecule has 3 aromatic carbocycles. The number of fused-ring (bicyclic) bond motifs is 1. The maximum Gasteiger partial charge on any atom is 0.248 e. The molecule has 0 saturated heterocycles. The number of carbonyl (C=O) groups is 1. The Morgan fingerprint density at radius 3 is 2.39 bits per heavy atom. The highest BCUT2D eigenvalue weighted by Crippen LogP contribution is 2.28. The Morgan fingerprint density at radius 2 is 1.64 bits per heavy atom. The van der Waals surface area contributed by atoms with Gasteiger partial charge in [0.25, 0.3) is 0 Å². The molecule has 0 aliphatic carbocycles. The van der Waals surface area contributed by atoms with E-state index in [0.29, 0.717) is 36.0 Å². The molecule has 0 aliphatic rings. The number of aliphatic hydroxyl groups excluding tert-OH is 1. The van der Waals surface area contributed by atoms with Crippen LogP contribution in [0.4, 0.5) is 0 Å². The van der Waals surface area contributed by atoms with Gasteiger partial charge in [0.1, 0.15) is 5.75 Å². The maximum absolute atomic E-state index is 12.3. The molecule has 4 aromatic rings. The number of pyridine rings is 1. The topological polar surface area (TPSA) is 114 Å². The zero-order valence-electron chi connectivity index (χ0n) is 20.2. The lowest BCUT2D eigenvalue weighted by atomic mass is 10.0. The van der Waals surface area contributed by atoms with Gasteiger partial charge >= 0.3 is 0 Å². The Kier molecular flexibility index (Phi) is 8.15.